The van der Waals surface area contributed by atoms with Gasteiger partial charge in [-0.2, -0.15) is 0 Å². The quantitative estimate of drug-likeness (QED) is 0.889. The molecule has 0 spiro atoms. The van der Waals surface area contributed by atoms with E-state index in [-0.39, 0.29) is 30.0 Å². The molecule has 1 aliphatic rings. The van der Waals surface area contributed by atoms with Crippen molar-refractivity contribution in [3.63, 3.8) is 0 Å². The number of methoxy groups -OCH3 is 1. The van der Waals surface area contributed by atoms with E-state index in [4.69, 9.17) is 4.74 Å². The SMILES string of the molecule is COc1ccccc1C(NC(=O)N1CCCC(CO)C1)C(C)(C)C. The fourth-order valence-corrected chi connectivity index (χ4v) is 3.28. The number of carbonyl (C=O) groups is 1. The normalized spacial score (nSPS) is 19.7. The fraction of sp³-hybridized carbons (Fsp3) is 0.632. The summed E-state index contributed by atoms with van der Waals surface area (Å²) in [5.41, 5.74) is 0.827. The molecular formula is C19H30N2O3. The molecule has 1 aromatic rings. The monoisotopic (exact) mass is 334 g/mol. The number of carbonyl (C=O) groups excluding carboxylic acids is 1. The molecule has 0 saturated carbocycles. The first-order valence-corrected chi connectivity index (χ1v) is 8.66. The Labute approximate surface area is 145 Å². The third kappa shape index (κ3) is 4.41. The predicted molar refractivity (Wildman–Crippen MR) is 95.1 cm³/mol. The Morgan fingerprint density at radius 1 is 1.42 bits per heavy atom. The Hall–Kier alpha value is -1.75. The number of hydrogen-bond acceptors (Lipinski definition) is 3. The lowest BCUT2D eigenvalue weighted by Gasteiger charge is -2.37. The van der Waals surface area contributed by atoms with Gasteiger partial charge in [-0.25, -0.2) is 4.79 Å². The van der Waals surface area contributed by atoms with E-state index in [0.717, 1.165) is 30.7 Å². The Bertz CT molecular complexity index is 554. The van der Waals surface area contributed by atoms with Crippen LogP contribution in [0.25, 0.3) is 0 Å². The standard InChI is InChI=1S/C19H30N2O3/c1-19(2,3)17(15-9-5-6-10-16(15)24-4)20-18(23)21-11-7-8-14(12-21)13-22/h5-6,9-10,14,17,22H,7-8,11-13H2,1-4H3,(H,20,23). The lowest BCUT2D eigenvalue weighted by Crippen LogP contribution is -2.49. The highest BCUT2D eigenvalue weighted by Crippen LogP contribution is 2.37. The number of aliphatic hydroxyl groups is 1. The summed E-state index contributed by atoms with van der Waals surface area (Å²) in [6.45, 7) is 7.82. The van der Waals surface area contributed by atoms with E-state index in [1.165, 1.54) is 0 Å². The number of likely N-dealkylation sites (tertiary alicyclic amines) is 1. The molecule has 1 aromatic carbocycles. The lowest BCUT2D eigenvalue weighted by molar-refractivity contribution is 0.123. The van der Waals surface area contributed by atoms with Gasteiger partial charge in [0.2, 0.25) is 0 Å². The van der Waals surface area contributed by atoms with E-state index < -0.39 is 0 Å². The maximum absolute atomic E-state index is 12.8. The zero-order chi connectivity index (χ0) is 17.7. The first-order chi connectivity index (χ1) is 11.4. The number of piperidine rings is 1. The maximum atomic E-state index is 12.8. The van der Waals surface area contributed by atoms with Crippen molar-refractivity contribution in [2.24, 2.45) is 11.3 Å². The van der Waals surface area contributed by atoms with Crippen molar-refractivity contribution < 1.29 is 14.6 Å². The van der Waals surface area contributed by atoms with E-state index in [9.17, 15) is 9.90 Å². The summed E-state index contributed by atoms with van der Waals surface area (Å²) in [6, 6.07) is 7.59. The van der Waals surface area contributed by atoms with Crippen LogP contribution in [0.3, 0.4) is 0 Å². The number of benzene rings is 1. The van der Waals surface area contributed by atoms with Gasteiger partial charge in [0.25, 0.3) is 0 Å². The largest absolute Gasteiger partial charge is 0.496 e. The number of para-hydroxylation sites is 1. The van der Waals surface area contributed by atoms with Gasteiger partial charge in [-0.3, -0.25) is 0 Å². The average Bonchev–Trinajstić information content (AvgIpc) is 2.58. The van der Waals surface area contributed by atoms with E-state index in [0.29, 0.717) is 6.54 Å². The highest BCUT2D eigenvalue weighted by Gasteiger charge is 2.32. The van der Waals surface area contributed by atoms with Crippen LogP contribution in [0.5, 0.6) is 5.75 Å². The van der Waals surface area contributed by atoms with Crippen molar-refractivity contribution in [2.75, 3.05) is 26.8 Å². The van der Waals surface area contributed by atoms with Crippen LogP contribution < -0.4 is 10.1 Å². The second kappa shape index (κ2) is 7.88. The van der Waals surface area contributed by atoms with Crippen LogP contribution in [0.15, 0.2) is 24.3 Å². The van der Waals surface area contributed by atoms with Crippen LogP contribution in [0, 0.1) is 11.3 Å². The van der Waals surface area contributed by atoms with E-state index in [1.807, 2.05) is 29.2 Å². The maximum Gasteiger partial charge on any atom is 0.317 e. The molecule has 0 radical (unpaired) electrons. The van der Waals surface area contributed by atoms with Gasteiger partial charge in [0, 0.05) is 25.3 Å². The molecule has 2 N–H and O–H groups in total. The van der Waals surface area contributed by atoms with Crippen LogP contribution in [-0.4, -0.2) is 42.8 Å². The van der Waals surface area contributed by atoms with Crippen LogP contribution >= 0.6 is 0 Å². The third-order valence-corrected chi connectivity index (χ3v) is 4.65. The van der Waals surface area contributed by atoms with Gasteiger partial charge in [-0.1, -0.05) is 39.0 Å². The summed E-state index contributed by atoms with van der Waals surface area (Å²) in [6.07, 6.45) is 1.92. The van der Waals surface area contributed by atoms with Gasteiger partial charge in [-0.15, -0.1) is 0 Å². The third-order valence-electron chi connectivity index (χ3n) is 4.65. The van der Waals surface area contributed by atoms with Gasteiger partial charge in [0.05, 0.1) is 13.2 Å². The highest BCUT2D eigenvalue weighted by molar-refractivity contribution is 5.75. The number of nitrogens with one attached hydrogen (secondary N) is 1. The van der Waals surface area contributed by atoms with Gasteiger partial charge in [0.15, 0.2) is 0 Å². The van der Waals surface area contributed by atoms with Crippen LogP contribution in [-0.2, 0) is 0 Å². The summed E-state index contributed by atoms with van der Waals surface area (Å²) in [7, 11) is 1.65. The Balaban J connectivity index is 2.19. The zero-order valence-electron chi connectivity index (χ0n) is 15.2. The minimum atomic E-state index is -0.157. The van der Waals surface area contributed by atoms with Gasteiger partial charge in [-0.05, 0) is 30.2 Å². The van der Waals surface area contributed by atoms with E-state index in [1.54, 1.807) is 7.11 Å². The van der Waals surface area contributed by atoms with Gasteiger partial charge < -0.3 is 20.1 Å². The number of aliphatic hydroxyl groups excluding tert-OH is 1. The molecule has 5 heteroatoms. The van der Waals surface area contributed by atoms with Crippen molar-refractivity contribution in [1.82, 2.24) is 10.2 Å². The molecule has 2 rings (SSSR count). The molecule has 5 nitrogen and oxygen atoms in total. The van der Waals surface area contributed by atoms with Crippen LogP contribution in [0.4, 0.5) is 4.79 Å². The molecule has 134 valence electrons. The van der Waals surface area contributed by atoms with Crippen LogP contribution in [0.2, 0.25) is 0 Å². The fourth-order valence-electron chi connectivity index (χ4n) is 3.28. The molecule has 2 unspecified atom stereocenters. The summed E-state index contributed by atoms with van der Waals surface area (Å²) in [4.78, 5) is 14.6. The van der Waals surface area contributed by atoms with Crippen molar-refractivity contribution in [1.29, 1.82) is 0 Å². The lowest BCUT2D eigenvalue weighted by atomic mass is 9.82. The molecule has 1 aliphatic heterocycles. The number of nitrogens with zero attached hydrogens (tertiary/aromatic N) is 1. The molecule has 2 amide bonds. The van der Waals surface area contributed by atoms with Gasteiger partial charge >= 0.3 is 6.03 Å². The molecule has 2 atom stereocenters. The van der Waals surface area contributed by atoms with E-state index in [2.05, 4.69) is 26.1 Å². The second-order valence-corrected chi connectivity index (χ2v) is 7.63. The van der Waals surface area contributed by atoms with Crippen molar-refractivity contribution in [3.8, 4) is 5.75 Å². The van der Waals surface area contributed by atoms with E-state index >= 15 is 0 Å². The molecular weight excluding hydrogens is 304 g/mol. The predicted octanol–water partition coefficient (Wildman–Crippen LogP) is 3.20. The Morgan fingerprint density at radius 3 is 2.75 bits per heavy atom. The molecule has 1 saturated heterocycles. The van der Waals surface area contributed by atoms with Crippen molar-refractivity contribution in [2.45, 2.75) is 39.7 Å². The number of amides is 2. The molecule has 24 heavy (non-hydrogen) atoms. The molecule has 0 aliphatic carbocycles. The van der Waals surface area contributed by atoms with Gasteiger partial charge in [0.1, 0.15) is 5.75 Å². The number of ether oxygens (including phenoxy) is 1. The molecule has 1 fully saturated rings. The van der Waals surface area contributed by atoms with Crippen LogP contribution in [0.1, 0.15) is 45.2 Å². The minimum Gasteiger partial charge on any atom is -0.496 e. The summed E-state index contributed by atoms with van der Waals surface area (Å²) in [5.74, 6) is 0.966. The number of rotatable bonds is 4. The zero-order valence-corrected chi connectivity index (χ0v) is 15.2. The molecule has 0 aromatic heterocycles. The molecule has 1 heterocycles. The first-order valence-electron chi connectivity index (χ1n) is 8.66. The number of urea groups is 1. The Morgan fingerprint density at radius 2 is 2.12 bits per heavy atom. The summed E-state index contributed by atoms with van der Waals surface area (Å²) >= 11 is 0. The summed E-state index contributed by atoms with van der Waals surface area (Å²) < 4.78 is 5.49. The smallest absolute Gasteiger partial charge is 0.317 e. The summed E-state index contributed by atoms with van der Waals surface area (Å²) in [5, 5.41) is 12.6. The topological polar surface area (TPSA) is 61.8 Å². The average molecular weight is 334 g/mol. The highest BCUT2D eigenvalue weighted by atomic mass is 16.5. The second-order valence-electron chi connectivity index (χ2n) is 7.63. The Kier molecular flexibility index (Phi) is 6.10. The number of hydrogen-bond donors (Lipinski definition) is 2. The van der Waals surface area contributed by atoms with Crippen molar-refractivity contribution >= 4 is 6.03 Å². The van der Waals surface area contributed by atoms with Crippen molar-refractivity contribution in [3.05, 3.63) is 29.8 Å². The first kappa shape index (κ1) is 18.6. The minimum absolute atomic E-state index is 0.0704. The molecule has 0 bridgehead atoms.